The first-order chi connectivity index (χ1) is 9.56. The monoisotopic (exact) mass is 314 g/mol. The number of hydrogen-bond donors (Lipinski definition) is 1. The summed E-state index contributed by atoms with van der Waals surface area (Å²) >= 11 is 11.9. The number of halogens is 2. The first-order valence-corrected chi connectivity index (χ1v) is 7.17. The van der Waals surface area contributed by atoms with E-state index in [1.54, 1.807) is 6.07 Å². The summed E-state index contributed by atoms with van der Waals surface area (Å²) in [7, 11) is 0. The summed E-state index contributed by atoms with van der Waals surface area (Å²) < 4.78 is 5.37. The minimum atomic E-state index is -0.301. The topological polar surface area (TPSA) is 77.8 Å². The molecule has 0 fully saturated rings. The molecule has 2 rings (SSSR count). The summed E-state index contributed by atoms with van der Waals surface area (Å²) in [6.45, 7) is 4.55. The van der Waals surface area contributed by atoms with Crippen molar-refractivity contribution in [3.8, 4) is 11.5 Å². The van der Waals surface area contributed by atoms with Crippen LogP contribution in [0.5, 0.6) is 0 Å². The van der Waals surface area contributed by atoms with E-state index in [-0.39, 0.29) is 5.41 Å². The van der Waals surface area contributed by atoms with E-state index < -0.39 is 0 Å². The second kappa shape index (κ2) is 6.08. The lowest BCUT2D eigenvalue weighted by atomic mass is 9.82. The Bertz CT molecular complexity index is 588. The third-order valence-corrected chi connectivity index (χ3v) is 4.14. The number of rotatable bonds is 5. The highest BCUT2D eigenvalue weighted by Crippen LogP contribution is 2.32. The Balaban J connectivity index is 2.42. The molecular formula is C13H16Cl2N4O. The van der Waals surface area contributed by atoms with Crippen LogP contribution in [-0.2, 0) is 5.41 Å². The van der Waals surface area contributed by atoms with Crippen molar-refractivity contribution in [2.45, 2.75) is 32.1 Å². The molecule has 20 heavy (non-hydrogen) atoms. The van der Waals surface area contributed by atoms with E-state index in [1.165, 1.54) is 6.20 Å². The SMILES string of the molecule is CCC(CC)(CN)c1nc(-c2ncc(Cl)cc2Cl)no1. The van der Waals surface area contributed by atoms with Crippen molar-refractivity contribution < 1.29 is 4.52 Å². The van der Waals surface area contributed by atoms with Crippen LogP contribution in [0.25, 0.3) is 11.5 Å². The third kappa shape index (κ3) is 2.66. The van der Waals surface area contributed by atoms with Gasteiger partial charge in [0, 0.05) is 12.7 Å². The molecule has 0 unspecified atom stereocenters. The van der Waals surface area contributed by atoms with Crippen LogP contribution in [0.1, 0.15) is 32.6 Å². The standard InChI is InChI=1S/C13H16Cl2N4O/c1-3-13(4-2,7-16)12-18-11(19-20-12)10-9(15)5-8(14)6-17-10/h5-6H,3-4,7,16H2,1-2H3. The van der Waals surface area contributed by atoms with Gasteiger partial charge in [-0.1, -0.05) is 42.2 Å². The minimum absolute atomic E-state index is 0.301. The molecule has 108 valence electrons. The van der Waals surface area contributed by atoms with E-state index in [9.17, 15) is 0 Å². The molecule has 2 N–H and O–H groups in total. The number of hydrogen-bond acceptors (Lipinski definition) is 5. The highest BCUT2D eigenvalue weighted by atomic mass is 35.5. The van der Waals surface area contributed by atoms with Gasteiger partial charge in [0.1, 0.15) is 5.69 Å². The van der Waals surface area contributed by atoms with Gasteiger partial charge in [-0.2, -0.15) is 4.98 Å². The fourth-order valence-corrected chi connectivity index (χ4v) is 2.51. The maximum absolute atomic E-state index is 6.10. The fraction of sp³-hybridized carbons (Fsp3) is 0.462. The number of aromatic nitrogens is 3. The Morgan fingerprint density at radius 2 is 2.00 bits per heavy atom. The van der Waals surface area contributed by atoms with Gasteiger partial charge in [0.25, 0.3) is 0 Å². The molecule has 0 bridgehead atoms. The molecule has 2 heterocycles. The molecule has 0 saturated heterocycles. The Labute approximate surface area is 127 Å². The van der Waals surface area contributed by atoms with Gasteiger partial charge >= 0.3 is 0 Å². The summed E-state index contributed by atoms with van der Waals surface area (Å²) in [5, 5.41) is 4.80. The average Bonchev–Trinajstić information content (AvgIpc) is 2.91. The molecule has 0 aliphatic rings. The maximum Gasteiger partial charge on any atom is 0.234 e. The molecule has 0 spiro atoms. The quantitative estimate of drug-likeness (QED) is 0.914. The van der Waals surface area contributed by atoms with Crippen molar-refractivity contribution in [3.63, 3.8) is 0 Å². The molecule has 0 aliphatic heterocycles. The molecule has 5 nitrogen and oxygen atoms in total. The van der Waals surface area contributed by atoms with Crippen LogP contribution in [0.15, 0.2) is 16.8 Å². The Kier molecular flexibility index (Phi) is 4.62. The molecule has 0 aromatic carbocycles. The average molecular weight is 315 g/mol. The molecule has 7 heteroatoms. The Morgan fingerprint density at radius 1 is 1.30 bits per heavy atom. The molecule has 0 aliphatic carbocycles. The number of nitrogens with zero attached hydrogens (tertiary/aromatic N) is 3. The van der Waals surface area contributed by atoms with Crippen LogP contribution in [0.3, 0.4) is 0 Å². The Hall–Kier alpha value is -1.17. The van der Waals surface area contributed by atoms with Crippen LogP contribution in [0, 0.1) is 0 Å². The molecule has 0 saturated carbocycles. The van der Waals surface area contributed by atoms with Crippen LogP contribution in [0.2, 0.25) is 10.0 Å². The lowest BCUT2D eigenvalue weighted by Crippen LogP contribution is -2.34. The van der Waals surface area contributed by atoms with Crippen LogP contribution >= 0.6 is 23.2 Å². The Morgan fingerprint density at radius 3 is 2.55 bits per heavy atom. The molecule has 2 aromatic rings. The van der Waals surface area contributed by atoms with Crippen LogP contribution < -0.4 is 5.73 Å². The highest BCUT2D eigenvalue weighted by molar-refractivity contribution is 6.35. The van der Waals surface area contributed by atoms with E-state index in [0.717, 1.165) is 12.8 Å². The van der Waals surface area contributed by atoms with Gasteiger partial charge in [-0.15, -0.1) is 0 Å². The van der Waals surface area contributed by atoms with E-state index in [2.05, 4.69) is 15.1 Å². The molecule has 0 radical (unpaired) electrons. The van der Waals surface area contributed by atoms with Gasteiger partial charge in [0.15, 0.2) is 0 Å². The largest absolute Gasteiger partial charge is 0.338 e. The highest BCUT2D eigenvalue weighted by Gasteiger charge is 2.33. The van der Waals surface area contributed by atoms with Gasteiger partial charge in [-0.05, 0) is 18.9 Å². The third-order valence-electron chi connectivity index (χ3n) is 3.64. The second-order valence-corrected chi connectivity index (χ2v) is 5.44. The molecule has 0 atom stereocenters. The van der Waals surface area contributed by atoms with Gasteiger partial charge < -0.3 is 10.3 Å². The smallest absolute Gasteiger partial charge is 0.234 e. The molecule has 0 amide bonds. The summed E-state index contributed by atoms with van der Waals surface area (Å²) in [5.74, 6) is 0.870. The lowest BCUT2D eigenvalue weighted by Gasteiger charge is -2.24. The van der Waals surface area contributed by atoms with Crippen molar-refractivity contribution in [1.82, 2.24) is 15.1 Å². The van der Waals surface area contributed by atoms with Crippen molar-refractivity contribution in [3.05, 3.63) is 28.2 Å². The summed E-state index contributed by atoms with van der Waals surface area (Å²) in [6, 6.07) is 1.59. The minimum Gasteiger partial charge on any atom is -0.338 e. The van der Waals surface area contributed by atoms with Crippen LogP contribution in [0.4, 0.5) is 0 Å². The van der Waals surface area contributed by atoms with E-state index in [0.29, 0.717) is 34.0 Å². The first-order valence-electron chi connectivity index (χ1n) is 6.42. The van der Waals surface area contributed by atoms with Crippen molar-refractivity contribution >= 4 is 23.2 Å². The predicted octanol–water partition coefficient (Wildman–Crippen LogP) is 3.45. The van der Waals surface area contributed by atoms with Crippen molar-refractivity contribution in [2.24, 2.45) is 5.73 Å². The van der Waals surface area contributed by atoms with Gasteiger partial charge in [-0.25, -0.2) is 4.98 Å². The zero-order valence-electron chi connectivity index (χ0n) is 11.4. The summed E-state index contributed by atoms with van der Waals surface area (Å²) in [5.41, 5.74) is 6.02. The second-order valence-electron chi connectivity index (χ2n) is 4.60. The summed E-state index contributed by atoms with van der Waals surface area (Å²) in [6.07, 6.45) is 3.14. The maximum atomic E-state index is 6.10. The van der Waals surface area contributed by atoms with E-state index >= 15 is 0 Å². The predicted molar refractivity (Wildman–Crippen MR) is 78.9 cm³/mol. The molecule has 2 aromatic heterocycles. The zero-order valence-corrected chi connectivity index (χ0v) is 12.9. The summed E-state index contributed by atoms with van der Waals surface area (Å²) in [4.78, 5) is 8.55. The zero-order chi connectivity index (χ0) is 14.8. The van der Waals surface area contributed by atoms with Gasteiger partial charge in [-0.3, -0.25) is 0 Å². The van der Waals surface area contributed by atoms with Crippen LogP contribution in [-0.4, -0.2) is 21.7 Å². The van der Waals surface area contributed by atoms with E-state index in [1.807, 2.05) is 13.8 Å². The fourth-order valence-electron chi connectivity index (χ4n) is 2.04. The van der Waals surface area contributed by atoms with Gasteiger partial charge in [0.05, 0.1) is 15.5 Å². The van der Waals surface area contributed by atoms with E-state index in [4.69, 9.17) is 33.5 Å². The van der Waals surface area contributed by atoms with Crippen molar-refractivity contribution in [1.29, 1.82) is 0 Å². The lowest BCUT2D eigenvalue weighted by molar-refractivity contribution is 0.267. The number of pyridine rings is 1. The van der Waals surface area contributed by atoms with Gasteiger partial charge in [0.2, 0.25) is 11.7 Å². The molecular weight excluding hydrogens is 299 g/mol. The normalized spacial score (nSPS) is 11.8. The van der Waals surface area contributed by atoms with Crippen molar-refractivity contribution in [2.75, 3.05) is 6.54 Å². The first kappa shape index (κ1) is 15.2. The number of nitrogens with two attached hydrogens (primary N) is 1.